The Hall–Kier alpha value is -1.73. The quantitative estimate of drug-likeness (QED) is 0.778. The molecule has 24 heavy (non-hydrogen) atoms. The minimum Gasteiger partial charge on any atom is -0.395 e. The molecule has 3 rings (SSSR count). The fourth-order valence-corrected chi connectivity index (χ4v) is 4.55. The Balaban J connectivity index is 1.64. The van der Waals surface area contributed by atoms with Gasteiger partial charge in [0.25, 0.3) is 0 Å². The van der Waals surface area contributed by atoms with Gasteiger partial charge in [-0.2, -0.15) is 4.31 Å². The van der Waals surface area contributed by atoms with Crippen molar-refractivity contribution in [1.29, 1.82) is 0 Å². The first kappa shape index (κ1) is 17.1. The lowest BCUT2D eigenvalue weighted by Gasteiger charge is -2.08. The number of rotatable bonds is 7. The van der Waals surface area contributed by atoms with Gasteiger partial charge in [0.15, 0.2) is 0 Å². The smallest absolute Gasteiger partial charge is 0.243 e. The largest absolute Gasteiger partial charge is 0.395 e. The van der Waals surface area contributed by atoms with Crippen molar-refractivity contribution in [2.45, 2.75) is 30.5 Å². The lowest BCUT2D eigenvalue weighted by Crippen LogP contribution is -2.18. The Morgan fingerprint density at radius 3 is 2.33 bits per heavy atom. The Kier molecular flexibility index (Phi) is 5.01. The average molecular weight is 347 g/mol. The number of aryl methyl sites for hydroxylation is 1. The first-order valence-corrected chi connectivity index (χ1v) is 9.31. The molecule has 0 saturated carbocycles. The first-order chi connectivity index (χ1) is 11.5. The Labute approximate surface area is 142 Å². The summed E-state index contributed by atoms with van der Waals surface area (Å²) >= 11 is 0. The molecule has 3 unspecified atom stereocenters. The highest BCUT2D eigenvalue weighted by Crippen LogP contribution is 2.36. The van der Waals surface area contributed by atoms with E-state index >= 15 is 0 Å². The number of ether oxygens (including phenoxy) is 1. The van der Waals surface area contributed by atoms with Crippen molar-refractivity contribution in [2.24, 2.45) is 0 Å². The molecule has 1 aliphatic heterocycles. The van der Waals surface area contributed by atoms with Crippen LogP contribution in [0.25, 0.3) is 0 Å². The highest BCUT2D eigenvalue weighted by Gasteiger charge is 2.55. The van der Waals surface area contributed by atoms with E-state index in [-0.39, 0.29) is 24.2 Å². The summed E-state index contributed by atoms with van der Waals surface area (Å²) < 4.78 is 32.3. The number of hydrogen-bond acceptors (Lipinski definition) is 4. The van der Waals surface area contributed by atoms with Gasteiger partial charge < -0.3 is 9.84 Å². The minimum absolute atomic E-state index is 0.204. The monoisotopic (exact) mass is 347 g/mol. The van der Waals surface area contributed by atoms with Gasteiger partial charge in [-0.3, -0.25) is 0 Å². The van der Waals surface area contributed by atoms with Crippen molar-refractivity contribution in [3.05, 3.63) is 65.7 Å². The summed E-state index contributed by atoms with van der Waals surface area (Å²) in [5, 5.41) is 9.46. The van der Waals surface area contributed by atoms with Gasteiger partial charge in [0, 0.05) is 0 Å². The van der Waals surface area contributed by atoms with Gasteiger partial charge in [0.2, 0.25) is 10.0 Å². The summed E-state index contributed by atoms with van der Waals surface area (Å²) in [5.74, 6) is 0. The third-order valence-electron chi connectivity index (χ3n) is 4.19. The number of sulfonamides is 1. The highest BCUT2D eigenvalue weighted by molar-refractivity contribution is 7.89. The molecule has 2 aromatic carbocycles. The second-order valence-electron chi connectivity index (χ2n) is 5.97. The molecule has 1 heterocycles. The summed E-state index contributed by atoms with van der Waals surface area (Å²) in [4.78, 5) is 0.247. The normalized spacial score (nSPS) is 23.2. The van der Waals surface area contributed by atoms with E-state index in [1.807, 2.05) is 37.3 Å². The molecule has 0 bridgehead atoms. The molecule has 6 heteroatoms. The molecular weight excluding hydrogens is 326 g/mol. The molecular formula is C18H21NO4S. The molecule has 0 aromatic heterocycles. The second kappa shape index (κ2) is 7.03. The van der Waals surface area contributed by atoms with Crippen molar-refractivity contribution in [1.82, 2.24) is 4.31 Å². The molecule has 0 aliphatic carbocycles. The van der Waals surface area contributed by atoms with Crippen LogP contribution < -0.4 is 0 Å². The summed E-state index contributed by atoms with van der Waals surface area (Å²) in [5.41, 5.74) is 2.04. The predicted octanol–water partition coefficient (Wildman–Crippen LogP) is 1.95. The SMILES string of the molecule is Cc1ccc(S(=O)(=O)N2C(CO)C2COCc2ccccc2)cc1. The summed E-state index contributed by atoms with van der Waals surface area (Å²) in [6.45, 7) is 2.40. The zero-order valence-electron chi connectivity index (χ0n) is 13.5. The van der Waals surface area contributed by atoms with E-state index in [0.29, 0.717) is 6.61 Å². The topological polar surface area (TPSA) is 66.6 Å². The zero-order valence-corrected chi connectivity index (χ0v) is 14.3. The van der Waals surface area contributed by atoms with Crippen LogP contribution in [0, 0.1) is 6.92 Å². The standard InChI is InChI=1S/C18H21NO4S/c1-14-7-9-16(10-8-14)24(21,22)19-17(11-20)18(19)13-23-12-15-5-3-2-4-6-15/h2-10,17-18,20H,11-13H2,1H3. The molecule has 2 aromatic rings. The predicted molar refractivity (Wildman–Crippen MR) is 91.0 cm³/mol. The van der Waals surface area contributed by atoms with E-state index in [2.05, 4.69) is 0 Å². The molecule has 1 saturated heterocycles. The van der Waals surface area contributed by atoms with E-state index in [4.69, 9.17) is 4.74 Å². The van der Waals surface area contributed by atoms with E-state index in [1.54, 1.807) is 24.3 Å². The van der Waals surface area contributed by atoms with Crippen LogP contribution in [0.1, 0.15) is 11.1 Å². The first-order valence-electron chi connectivity index (χ1n) is 7.87. The van der Waals surface area contributed by atoms with Crippen molar-refractivity contribution in [3.8, 4) is 0 Å². The third-order valence-corrected chi connectivity index (χ3v) is 6.16. The molecule has 0 spiro atoms. The number of aliphatic hydroxyl groups excluding tert-OH is 1. The van der Waals surface area contributed by atoms with Gasteiger partial charge in [0.05, 0.1) is 36.8 Å². The number of nitrogens with zero attached hydrogens (tertiary/aromatic N) is 1. The van der Waals surface area contributed by atoms with Crippen molar-refractivity contribution in [3.63, 3.8) is 0 Å². The van der Waals surface area contributed by atoms with Crippen LogP contribution in [0.2, 0.25) is 0 Å². The average Bonchev–Trinajstić information content (AvgIpc) is 3.30. The molecule has 0 radical (unpaired) electrons. The lowest BCUT2D eigenvalue weighted by atomic mass is 10.2. The van der Waals surface area contributed by atoms with E-state index in [0.717, 1.165) is 11.1 Å². The van der Waals surface area contributed by atoms with E-state index in [1.165, 1.54) is 4.31 Å². The Bertz CT molecular complexity index is 774. The summed E-state index contributed by atoms with van der Waals surface area (Å²) in [6, 6.07) is 15.7. The van der Waals surface area contributed by atoms with Crippen LogP contribution in [0.4, 0.5) is 0 Å². The van der Waals surface area contributed by atoms with Gasteiger partial charge in [-0.05, 0) is 24.6 Å². The third kappa shape index (κ3) is 3.52. The van der Waals surface area contributed by atoms with Gasteiger partial charge >= 0.3 is 0 Å². The zero-order chi connectivity index (χ0) is 17.2. The minimum atomic E-state index is -3.59. The molecule has 1 aliphatic rings. The summed E-state index contributed by atoms with van der Waals surface area (Å²) in [7, 11) is -3.59. The maximum Gasteiger partial charge on any atom is 0.243 e. The number of benzene rings is 2. The Morgan fingerprint density at radius 1 is 1.04 bits per heavy atom. The maximum atomic E-state index is 12.7. The maximum absolute atomic E-state index is 12.7. The van der Waals surface area contributed by atoms with Crippen LogP contribution >= 0.6 is 0 Å². The lowest BCUT2D eigenvalue weighted by molar-refractivity contribution is 0.117. The van der Waals surface area contributed by atoms with Gasteiger partial charge in [-0.1, -0.05) is 48.0 Å². The molecule has 128 valence electrons. The van der Waals surface area contributed by atoms with E-state index in [9.17, 15) is 13.5 Å². The summed E-state index contributed by atoms with van der Waals surface area (Å²) in [6.07, 6.45) is 0. The fourth-order valence-electron chi connectivity index (χ4n) is 2.76. The van der Waals surface area contributed by atoms with Gasteiger partial charge in [0.1, 0.15) is 0 Å². The molecule has 1 fully saturated rings. The molecule has 0 amide bonds. The number of hydrogen-bond donors (Lipinski definition) is 1. The van der Waals surface area contributed by atoms with Gasteiger partial charge in [-0.15, -0.1) is 0 Å². The van der Waals surface area contributed by atoms with Crippen molar-refractivity contribution in [2.75, 3.05) is 13.2 Å². The van der Waals surface area contributed by atoms with Gasteiger partial charge in [-0.25, -0.2) is 8.42 Å². The van der Waals surface area contributed by atoms with Crippen LogP contribution in [0.5, 0.6) is 0 Å². The second-order valence-corrected chi connectivity index (χ2v) is 7.81. The fraction of sp³-hybridized carbons (Fsp3) is 0.333. The van der Waals surface area contributed by atoms with Crippen LogP contribution in [-0.2, 0) is 21.4 Å². The Morgan fingerprint density at radius 2 is 1.71 bits per heavy atom. The molecule has 3 atom stereocenters. The van der Waals surface area contributed by atoms with E-state index < -0.39 is 16.1 Å². The van der Waals surface area contributed by atoms with Crippen LogP contribution in [-0.4, -0.2) is 43.1 Å². The van der Waals surface area contributed by atoms with Crippen molar-refractivity contribution < 1.29 is 18.3 Å². The highest BCUT2D eigenvalue weighted by atomic mass is 32.2. The van der Waals surface area contributed by atoms with Crippen LogP contribution in [0.15, 0.2) is 59.5 Å². The molecule has 1 N–H and O–H groups in total. The molecule has 5 nitrogen and oxygen atoms in total. The van der Waals surface area contributed by atoms with Crippen LogP contribution in [0.3, 0.4) is 0 Å². The number of aliphatic hydroxyl groups is 1. The van der Waals surface area contributed by atoms with Crippen molar-refractivity contribution >= 4 is 10.0 Å².